The number of pyridine rings is 1. The van der Waals surface area contributed by atoms with Crippen molar-refractivity contribution in [3.8, 4) is 22.4 Å². The van der Waals surface area contributed by atoms with E-state index in [1.807, 2.05) is 30.3 Å². The van der Waals surface area contributed by atoms with Gasteiger partial charge < -0.3 is 14.8 Å². The smallest absolute Gasteiger partial charge is 0.253 e. The van der Waals surface area contributed by atoms with Crippen LogP contribution in [0.4, 0.5) is 5.69 Å². The van der Waals surface area contributed by atoms with E-state index in [9.17, 15) is 14.7 Å². The van der Waals surface area contributed by atoms with E-state index in [4.69, 9.17) is 32.6 Å². The molecule has 2 heterocycles. The number of aliphatic hydroxyl groups is 1. The summed E-state index contributed by atoms with van der Waals surface area (Å²) in [5, 5.41) is 13.9. The molecule has 35 heavy (non-hydrogen) atoms. The molecule has 0 unspecified atom stereocenters. The number of carbonyl (C=O) groups excluding carboxylic acids is 2. The Kier molecular flexibility index (Phi) is 6.73. The number of ketones is 1. The SMILES string of the molecule is C[C@@H](O)C(=O)Nc1c(C(=O)C(C)(C)C)oc2nc(-c3ccccc3Cl)c(-c3ccc(Cl)cc3)cc12. The van der Waals surface area contributed by atoms with Crippen LogP contribution in [0.25, 0.3) is 33.5 Å². The number of nitrogens with zero attached hydrogens (tertiary/aromatic N) is 1. The Balaban J connectivity index is 2.06. The van der Waals surface area contributed by atoms with Gasteiger partial charge in [-0.25, -0.2) is 4.98 Å². The standard InChI is InChI=1S/C27H24Cl2N2O4/c1-14(32)25(34)30-22-19-13-18(15-9-11-16(28)12-10-15)21(17-7-5-6-8-20(17)29)31-26(19)35-23(22)24(33)27(2,3)4/h5-14,32H,1-4H3,(H,30,34)/t14-/m1/s1. The molecule has 0 aliphatic carbocycles. The average Bonchev–Trinajstić information content (AvgIpc) is 3.15. The molecule has 0 radical (unpaired) electrons. The van der Waals surface area contributed by atoms with Crippen LogP contribution in [0.1, 0.15) is 38.2 Å². The Morgan fingerprint density at radius 3 is 2.29 bits per heavy atom. The van der Waals surface area contributed by atoms with Crippen molar-refractivity contribution in [2.24, 2.45) is 5.41 Å². The van der Waals surface area contributed by atoms with E-state index in [2.05, 4.69) is 5.32 Å². The van der Waals surface area contributed by atoms with Crippen molar-refractivity contribution in [2.75, 3.05) is 5.32 Å². The van der Waals surface area contributed by atoms with E-state index < -0.39 is 17.4 Å². The number of fused-ring (bicyclic) bond motifs is 1. The van der Waals surface area contributed by atoms with Crippen molar-refractivity contribution in [1.29, 1.82) is 0 Å². The molecular formula is C27H24Cl2N2O4. The molecule has 0 fully saturated rings. The third kappa shape index (κ3) is 4.96. The van der Waals surface area contributed by atoms with E-state index in [1.165, 1.54) is 6.92 Å². The van der Waals surface area contributed by atoms with Crippen LogP contribution in [0, 0.1) is 5.41 Å². The fraction of sp³-hybridized carbons (Fsp3) is 0.222. The minimum Gasteiger partial charge on any atom is -0.432 e. The molecular weight excluding hydrogens is 487 g/mol. The number of amides is 1. The number of aromatic nitrogens is 1. The van der Waals surface area contributed by atoms with Gasteiger partial charge in [-0.05, 0) is 36.8 Å². The lowest BCUT2D eigenvalue weighted by molar-refractivity contribution is -0.123. The second kappa shape index (κ2) is 9.46. The summed E-state index contributed by atoms with van der Waals surface area (Å²) in [4.78, 5) is 30.4. The van der Waals surface area contributed by atoms with Gasteiger partial charge in [0.15, 0.2) is 5.76 Å². The molecule has 0 saturated carbocycles. The lowest BCUT2D eigenvalue weighted by Crippen LogP contribution is -2.26. The summed E-state index contributed by atoms with van der Waals surface area (Å²) in [6.45, 7) is 6.61. The zero-order valence-electron chi connectivity index (χ0n) is 19.6. The number of nitrogens with one attached hydrogen (secondary N) is 1. The summed E-state index contributed by atoms with van der Waals surface area (Å²) in [7, 11) is 0. The fourth-order valence-electron chi connectivity index (χ4n) is 3.58. The van der Waals surface area contributed by atoms with Crippen molar-refractivity contribution in [3.63, 3.8) is 0 Å². The Bertz CT molecular complexity index is 1430. The molecule has 0 spiro atoms. The summed E-state index contributed by atoms with van der Waals surface area (Å²) in [5.41, 5.74) is 2.26. The first-order chi connectivity index (χ1) is 16.5. The summed E-state index contributed by atoms with van der Waals surface area (Å²) in [6.07, 6.45) is -1.29. The van der Waals surface area contributed by atoms with Crippen LogP contribution in [0.15, 0.2) is 59.0 Å². The van der Waals surface area contributed by atoms with E-state index >= 15 is 0 Å². The molecule has 1 atom stereocenters. The quantitative estimate of drug-likeness (QED) is 0.281. The molecule has 0 aliphatic heterocycles. The summed E-state index contributed by atoms with van der Waals surface area (Å²) >= 11 is 12.6. The van der Waals surface area contributed by atoms with Gasteiger partial charge in [-0.1, -0.05) is 74.3 Å². The third-order valence-electron chi connectivity index (χ3n) is 5.48. The summed E-state index contributed by atoms with van der Waals surface area (Å²) < 4.78 is 5.96. The molecule has 0 bridgehead atoms. The molecule has 4 aromatic rings. The van der Waals surface area contributed by atoms with Crippen LogP contribution in [0.3, 0.4) is 0 Å². The number of hydrogen-bond acceptors (Lipinski definition) is 5. The zero-order valence-corrected chi connectivity index (χ0v) is 21.2. The van der Waals surface area contributed by atoms with Crippen LogP contribution < -0.4 is 5.32 Å². The van der Waals surface area contributed by atoms with Crippen molar-refractivity contribution < 1.29 is 19.1 Å². The maximum Gasteiger partial charge on any atom is 0.253 e. The molecule has 2 N–H and O–H groups in total. The second-order valence-electron chi connectivity index (χ2n) is 9.27. The molecule has 8 heteroatoms. The largest absolute Gasteiger partial charge is 0.432 e. The van der Waals surface area contributed by atoms with Crippen molar-refractivity contribution in [1.82, 2.24) is 4.98 Å². The molecule has 0 aliphatic rings. The molecule has 0 saturated heterocycles. The van der Waals surface area contributed by atoms with Gasteiger partial charge in [0.2, 0.25) is 11.5 Å². The second-order valence-corrected chi connectivity index (χ2v) is 10.1. The summed E-state index contributed by atoms with van der Waals surface area (Å²) in [6, 6.07) is 16.3. The molecule has 180 valence electrons. The van der Waals surface area contributed by atoms with Crippen LogP contribution in [0.2, 0.25) is 10.0 Å². The number of carbonyl (C=O) groups is 2. The first-order valence-electron chi connectivity index (χ1n) is 11.0. The van der Waals surface area contributed by atoms with Gasteiger partial charge in [0.05, 0.1) is 11.1 Å². The highest BCUT2D eigenvalue weighted by Crippen LogP contribution is 2.41. The third-order valence-corrected chi connectivity index (χ3v) is 6.06. The Hall–Kier alpha value is -3.19. The number of Topliss-reactive ketones (excluding diaryl/α,β-unsaturated/α-hetero) is 1. The molecule has 1 amide bonds. The van der Waals surface area contributed by atoms with Crippen molar-refractivity contribution in [3.05, 3.63) is 70.4 Å². The Labute approximate surface area is 212 Å². The van der Waals surface area contributed by atoms with E-state index in [1.54, 1.807) is 45.0 Å². The zero-order chi connectivity index (χ0) is 25.5. The number of rotatable bonds is 5. The maximum atomic E-state index is 13.2. The Morgan fingerprint density at radius 1 is 1.03 bits per heavy atom. The van der Waals surface area contributed by atoms with Gasteiger partial charge in [0.1, 0.15) is 11.8 Å². The van der Waals surface area contributed by atoms with Crippen LogP contribution in [-0.2, 0) is 4.79 Å². The van der Waals surface area contributed by atoms with E-state index in [0.717, 1.165) is 5.56 Å². The highest BCUT2D eigenvalue weighted by atomic mass is 35.5. The van der Waals surface area contributed by atoms with Crippen molar-refractivity contribution >= 4 is 51.7 Å². The topological polar surface area (TPSA) is 92.4 Å². The van der Waals surface area contributed by atoms with Gasteiger partial charge in [-0.2, -0.15) is 0 Å². The van der Waals surface area contributed by atoms with Gasteiger partial charge in [-0.3, -0.25) is 9.59 Å². The maximum absolute atomic E-state index is 13.2. The first-order valence-corrected chi connectivity index (χ1v) is 11.7. The lowest BCUT2D eigenvalue weighted by atomic mass is 9.88. The van der Waals surface area contributed by atoms with Gasteiger partial charge in [-0.15, -0.1) is 0 Å². The highest BCUT2D eigenvalue weighted by Gasteiger charge is 2.32. The predicted molar refractivity (Wildman–Crippen MR) is 139 cm³/mol. The summed E-state index contributed by atoms with van der Waals surface area (Å²) in [5.74, 6) is -1.02. The van der Waals surface area contributed by atoms with Crippen LogP contribution in [-0.4, -0.2) is 27.9 Å². The highest BCUT2D eigenvalue weighted by molar-refractivity contribution is 6.33. The Morgan fingerprint density at radius 2 is 1.69 bits per heavy atom. The lowest BCUT2D eigenvalue weighted by Gasteiger charge is -2.16. The van der Waals surface area contributed by atoms with Gasteiger partial charge in [0.25, 0.3) is 5.91 Å². The van der Waals surface area contributed by atoms with Crippen LogP contribution in [0.5, 0.6) is 0 Å². The number of hydrogen-bond donors (Lipinski definition) is 2. The average molecular weight is 511 g/mol. The normalized spacial score (nSPS) is 12.5. The number of aliphatic hydroxyl groups excluding tert-OH is 1. The van der Waals surface area contributed by atoms with Crippen LogP contribution >= 0.6 is 23.2 Å². The first kappa shape index (κ1) is 24.9. The fourth-order valence-corrected chi connectivity index (χ4v) is 3.93. The minimum absolute atomic E-state index is 0.0348. The number of benzene rings is 2. The number of halogens is 2. The molecule has 2 aromatic carbocycles. The number of furan rings is 1. The number of anilines is 1. The van der Waals surface area contributed by atoms with E-state index in [-0.39, 0.29) is 22.9 Å². The van der Waals surface area contributed by atoms with Crippen molar-refractivity contribution in [2.45, 2.75) is 33.8 Å². The van der Waals surface area contributed by atoms with E-state index in [0.29, 0.717) is 32.3 Å². The van der Waals surface area contributed by atoms with Gasteiger partial charge in [0, 0.05) is 26.6 Å². The minimum atomic E-state index is -1.29. The monoisotopic (exact) mass is 510 g/mol. The molecule has 2 aromatic heterocycles. The molecule has 6 nitrogen and oxygen atoms in total. The van der Waals surface area contributed by atoms with Gasteiger partial charge >= 0.3 is 0 Å². The predicted octanol–water partition coefficient (Wildman–Crippen LogP) is 7.02. The molecule has 4 rings (SSSR count).